The number of imidazole rings is 1. The lowest BCUT2D eigenvalue weighted by molar-refractivity contribution is -0.134. The summed E-state index contributed by atoms with van der Waals surface area (Å²) in [7, 11) is 0. The number of nitrogen functional groups attached to an aromatic ring is 1. The first-order valence-electron chi connectivity index (χ1n) is 9.81. The molecule has 2 N–H and O–H groups in total. The molecule has 0 aliphatic rings. The summed E-state index contributed by atoms with van der Waals surface area (Å²) < 4.78 is 74.7. The Balaban J connectivity index is 2.26. The van der Waals surface area contributed by atoms with Crippen LogP contribution in [0.1, 0.15) is 38.6 Å². The number of hydrogen-bond acceptors (Lipinski definition) is 5. The van der Waals surface area contributed by atoms with Crippen molar-refractivity contribution < 1.29 is 31.5 Å². The summed E-state index contributed by atoms with van der Waals surface area (Å²) >= 11 is 0. The second kappa shape index (κ2) is 8.49. The molecule has 0 aliphatic heterocycles. The molecule has 1 aromatic carbocycles. The number of benzene rings is 1. The number of pyridine rings is 1. The number of aromatic nitrogens is 3. The van der Waals surface area contributed by atoms with Gasteiger partial charge >= 0.3 is 12.3 Å². The Bertz CT molecular complexity index is 1270. The molecule has 0 saturated carbocycles. The van der Waals surface area contributed by atoms with Gasteiger partial charge in [0, 0.05) is 24.2 Å². The fraction of sp³-hybridized carbons (Fsp3) is 0.381. The number of halogens is 5. The van der Waals surface area contributed by atoms with Crippen LogP contribution < -0.4 is 11.3 Å². The highest BCUT2D eigenvalue weighted by Gasteiger charge is 2.31. The van der Waals surface area contributed by atoms with Crippen LogP contribution in [-0.4, -0.2) is 32.0 Å². The molecule has 2 heterocycles. The number of alkyl halides is 3. The molecule has 178 valence electrons. The summed E-state index contributed by atoms with van der Waals surface area (Å²) in [5.74, 6) is -2.70. The molecule has 33 heavy (non-hydrogen) atoms. The zero-order chi connectivity index (χ0) is 24.7. The van der Waals surface area contributed by atoms with Crippen molar-refractivity contribution in [2.45, 2.75) is 51.9 Å². The van der Waals surface area contributed by atoms with Crippen molar-refractivity contribution in [3.8, 4) is 0 Å². The molecule has 0 saturated heterocycles. The van der Waals surface area contributed by atoms with Gasteiger partial charge in [0.2, 0.25) is 0 Å². The number of carbonyl (C=O) groups excluding carboxylic acids is 1. The topological polar surface area (TPSA) is 92.1 Å². The maximum absolute atomic E-state index is 14.8. The summed E-state index contributed by atoms with van der Waals surface area (Å²) in [6.07, 6.45) is -6.56. The van der Waals surface area contributed by atoms with E-state index in [-0.39, 0.29) is 11.5 Å². The predicted octanol–water partition coefficient (Wildman–Crippen LogP) is 4.38. The summed E-state index contributed by atoms with van der Waals surface area (Å²) in [5, 5.41) is 0. The number of nitrogens with two attached hydrogens (primary N) is 1. The monoisotopic (exact) mass is 472 g/mol. The van der Waals surface area contributed by atoms with E-state index in [0.29, 0.717) is 10.6 Å². The fourth-order valence-corrected chi connectivity index (χ4v) is 3.22. The molecular formula is C21H21F5N4O3. The smallest absolute Gasteiger partial charge is 0.420 e. The van der Waals surface area contributed by atoms with Crippen molar-refractivity contribution >= 4 is 22.8 Å². The third-order valence-electron chi connectivity index (χ3n) is 4.60. The van der Waals surface area contributed by atoms with E-state index in [0.717, 1.165) is 4.57 Å². The van der Waals surface area contributed by atoms with Gasteiger partial charge < -0.3 is 15.0 Å². The Morgan fingerprint density at radius 2 is 1.85 bits per heavy atom. The Kier molecular flexibility index (Phi) is 6.22. The Morgan fingerprint density at radius 1 is 1.18 bits per heavy atom. The molecule has 3 aromatic rings. The zero-order valence-electron chi connectivity index (χ0n) is 18.0. The van der Waals surface area contributed by atoms with Gasteiger partial charge in [-0.1, -0.05) is 0 Å². The van der Waals surface area contributed by atoms with E-state index < -0.39 is 71.0 Å². The minimum atomic E-state index is -4.60. The maximum Gasteiger partial charge on any atom is 0.420 e. The van der Waals surface area contributed by atoms with Crippen LogP contribution in [0, 0.1) is 11.6 Å². The summed E-state index contributed by atoms with van der Waals surface area (Å²) in [5.41, 5.74) is 2.33. The molecule has 0 atom stereocenters. The molecule has 0 fully saturated rings. The lowest BCUT2D eigenvalue weighted by Crippen LogP contribution is -2.30. The minimum Gasteiger partial charge on any atom is -0.443 e. The van der Waals surface area contributed by atoms with E-state index in [1.54, 1.807) is 20.8 Å². The molecule has 2 aromatic heterocycles. The molecule has 0 bridgehead atoms. The largest absolute Gasteiger partial charge is 0.443 e. The number of anilines is 1. The minimum absolute atomic E-state index is 0.111. The highest BCUT2D eigenvalue weighted by atomic mass is 19.4. The van der Waals surface area contributed by atoms with Crippen LogP contribution in [0.3, 0.4) is 0 Å². The van der Waals surface area contributed by atoms with Crippen LogP contribution in [0.25, 0.3) is 11.0 Å². The third-order valence-corrected chi connectivity index (χ3v) is 4.60. The predicted molar refractivity (Wildman–Crippen MR) is 110 cm³/mol. The molecule has 12 heteroatoms. The van der Waals surface area contributed by atoms with Crippen LogP contribution in [0.2, 0.25) is 0 Å². The van der Waals surface area contributed by atoms with E-state index in [1.807, 2.05) is 0 Å². The highest BCUT2D eigenvalue weighted by Crippen LogP contribution is 2.30. The molecule has 3 rings (SSSR count). The Morgan fingerprint density at radius 3 is 2.45 bits per heavy atom. The first-order chi connectivity index (χ1) is 15.2. The van der Waals surface area contributed by atoms with Crippen LogP contribution in [0.15, 0.2) is 29.2 Å². The van der Waals surface area contributed by atoms with Crippen molar-refractivity contribution in [2.24, 2.45) is 0 Å². The number of fused-ring (bicyclic) bond motifs is 1. The number of aryl methyl sites for hydroxylation is 1. The number of ether oxygens (including phenoxy) is 1. The SMILES string of the molecule is CC(C)(C)OC(=O)n1c(Cn2cccc(N)c2=O)nc2c(CCC(F)(F)F)c(F)cc(F)c21. The van der Waals surface area contributed by atoms with Gasteiger partial charge in [0.15, 0.2) is 5.82 Å². The van der Waals surface area contributed by atoms with Gasteiger partial charge in [-0.2, -0.15) is 13.2 Å². The summed E-state index contributed by atoms with van der Waals surface area (Å²) in [6, 6.07) is 3.19. The van der Waals surface area contributed by atoms with Crippen molar-refractivity contribution in [3.63, 3.8) is 0 Å². The number of hydrogen-bond donors (Lipinski definition) is 1. The van der Waals surface area contributed by atoms with Crippen LogP contribution in [0.5, 0.6) is 0 Å². The lowest BCUT2D eigenvalue weighted by atomic mass is 10.1. The normalized spacial score (nSPS) is 12.4. The fourth-order valence-electron chi connectivity index (χ4n) is 3.22. The van der Waals surface area contributed by atoms with Gasteiger partial charge in [-0.3, -0.25) is 4.79 Å². The first-order valence-corrected chi connectivity index (χ1v) is 9.81. The number of nitrogens with zero attached hydrogens (tertiary/aromatic N) is 3. The maximum atomic E-state index is 14.8. The van der Waals surface area contributed by atoms with Crippen molar-refractivity contribution in [3.05, 3.63) is 57.8 Å². The molecule has 7 nitrogen and oxygen atoms in total. The summed E-state index contributed by atoms with van der Waals surface area (Å²) in [6.45, 7) is 4.25. The lowest BCUT2D eigenvalue weighted by Gasteiger charge is -2.20. The van der Waals surface area contributed by atoms with Crippen molar-refractivity contribution in [2.75, 3.05) is 5.73 Å². The zero-order valence-corrected chi connectivity index (χ0v) is 18.0. The first kappa shape index (κ1) is 24.2. The van der Waals surface area contributed by atoms with E-state index >= 15 is 0 Å². The quantitative estimate of drug-likeness (QED) is 0.569. The molecule has 0 aliphatic carbocycles. The average Bonchev–Trinajstić information content (AvgIpc) is 3.02. The molecule has 0 radical (unpaired) electrons. The van der Waals surface area contributed by atoms with Gasteiger partial charge in [-0.25, -0.2) is 23.1 Å². The van der Waals surface area contributed by atoms with Gasteiger partial charge in [-0.15, -0.1) is 0 Å². The average molecular weight is 472 g/mol. The second-order valence-electron chi connectivity index (χ2n) is 8.37. The van der Waals surface area contributed by atoms with Gasteiger partial charge in [0.1, 0.15) is 22.8 Å². The molecule has 0 unspecified atom stereocenters. The molecule has 0 spiro atoms. The van der Waals surface area contributed by atoms with E-state index in [9.17, 15) is 31.5 Å². The van der Waals surface area contributed by atoms with E-state index in [4.69, 9.17) is 10.5 Å². The van der Waals surface area contributed by atoms with Crippen LogP contribution in [-0.2, 0) is 17.7 Å². The van der Waals surface area contributed by atoms with Crippen LogP contribution >= 0.6 is 0 Å². The summed E-state index contributed by atoms with van der Waals surface area (Å²) in [4.78, 5) is 29.3. The molecular weight excluding hydrogens is 451 g/mol. The van der Waals surface area contributed by atoms with E-state index in [2.05, 4.69) is 4.98 Å². The van der Waals surface area contributed by atoms with E-state index in [1.165, 1.54) is 18.3 Å². The molecule has 0 amide bonds. The van der Waals surface area contributed by atoms with Gasteiger partial charge in [-0.05, 0) is 39.3 Å². The second-order valence-corrected chi connectivity index (χ2v) is 8.37. The number of carbonyl (C=O) groups is 1. The van der Waals surface area contributed by atoms with Gasteiger partial charge in [0.25, 0.3) is 5.56 Å². The number of rotatable bonds is 4. The Labute approximate surface area is 184 Å². The van der Waals surface area contributed by atoms with Crippen LogP contribution in [0.4, 0.5) is 32.4 Å². The van der Waals surface area contributed by atoms with Crippen molar-refractivity contribution in [1.82, 2.24) is 14.1 Å². The van der Waals surface area contributed by atoms with Gasteiger partial charge in [0.05, 0.1) is 17.7 Å². The third kappa shape index (κ3) is 5.32. The Hall–Kier alpha value is -3.44. The highest BCUT2D eigenvalue weighted by molar-refractivity contribution is 5.90. The standard InChI is InChI=1S/C21H21F5N4O3/c1-20(2,3)33-19(32)30-15(10-29-8-4-5-14(27)18(29)31)28-16-11(6-7-21(24,25)26)12(22)9-13(23)17(16)30/h4-5,8-9H,6-7,10,27H2,1-3H3. The van der Waals surface area contributed by atoms with Crippen molar-refractivity contribution in [1.29, 1.82) is 0 Å².